The maximum atomic E-state index is 6.72. The molecule has 0 unspecified atom stereocenters. The molecule has 0 saturated heterocycles. The zero-order valence-electron chi connectivity index (χ0n) is 29.5. The molecule has 1 aromatic heterocycles. The first-order valence-corrected chi connectivity index (χ1v) is 17.8. The number of hydrogen-bond donors (Lipinski definition) is 0. The molecule has 0 radical (unpaired) electrons. The van der Waals surface area contributed by atoms with Gasteiger partial charge in [-0.2, -0.15) is 0 Å². The monoisotopic (exact) mass is 645 g/mol. The average Bonchev–Trinajstić information content (AvgIpc) is 3.68. The highest BCUT2D eigenvalue weighted by Crippen LogP contribution is 2.59. The zero-order chi connectivity index (χ0) is 34.1. The van der Waals surface area contributed by atoms with Crippen LogP contribution in [0.25, 0.3) is 55.0 Å². The first-order chi connectivity index (χ1) is 24.1. The van der Waals surface area contributed by atoms with Crippen LogP contribution in [-0.4, -0.2) is 0 Å². The Morgan fingerprint density at radius 3 is 1.88 bits per heavy atom. The molecule has 242 valence electrons. The highest BCUT2D eigenvalue weighted by atomic mass is 16.3. The van der Waals surface area contributed by atoms with Gasteiger partial charge >= 0.3 is 0 Å². The van der Waals surface area contributed by atoms with Crippen LogP contribution in [0.1, 0.15) is 61.1 Å². The van der Waals surface area contributed by atoms with Crippen LogP contribution in [0, 0.1) is 13.8 Å². The minimum atomic E-state index is -0.209. The first kappa shape index (κ1) is 29.3. The first-order valence-electron chi connectivity index (χ1n) is 17.8. The van der Waals surface area contributed by atoms with E-state index in [1.54, 1.807) is 0 Å². The Balaban J connectivity index is 1.29. The van der Waals surface area contributed by atoms with Gasteiger partial charge in [-0.15, -0.1) is 0 Å². The molecule has 0 fully saturated rings. The second-order valence-corrected chi connectivity index (χ2v) is 15.5. The van der Waals surface area contributed by atoms with Gasteiger partial charge in [-0.3, -0.25) is 0 Å². The summed E-state index contributed by atoms with van der Waals surface area (Å²) < 4.78 is 6.72. The summed E-state index contributed by atoms with van der Waals surface area (Å²) in [6.45, 7) is 14.0. The number of hydrogen-bond acceptors (Lipinski definition) is 2. The summed E-state index contributed by atoms with van der Waals surface area (Å²) in [4.78, 5) is 2.45. The molecule has 0 aliphatic heterocycles. The molecule has 0 bridgehead atoms. The molecule has 50 heavy (non-hydrogen) atoms. The van der Waals surface area contributed by atoms with Crippen molar-refractivity contribution in [2.45, 2.75) is 52.4 Å². The summed E-state index contributed by atoms with van der Waals surface area (Å²) in [5.41, 5.74) is 18.4. The lowest BCUT2D eigenvalue weighted by atomic mass is 9.79. The van der Waals surface area contributed by atoms with Crippen LogP contribution < -0.4 is 4.90 Å². The molecule has 2 heteroatoms. The number of benzene rings is 7. The third-order valence-electron chi connectivity index (χ3n) is 11.7. The van der Waals surface area contributed by atoms with Crippen LogP contribution >= 0.6 is 0 Å². The molecular weight excluding hydrogens is 607 g/mol. The quantitative estimate of drug-likeness (QED) is 0.190. The summed E-state index contributed by atoms with van der Waals surface area (Å²) >= 11 is 0. The number of rotatable bonds is 3. The number of furan rings is 1. The van der Waals surface area contributed by atoms with Crippen LogP contribution in [0.2, 0.25) is 0 Å². The summed E-state index contributed by atoms with van der Waals surface area (Å²) in [6.07, 6.45) is 0. The number of fused-ring (bicyclic) bond motifs is 11. The van der Waals surface area contributed by atoms with E-state index in [9.17, 15) is 0 Å². The SMILES string of the molecule is Cc1cc(C)cc(N(c2cc3c(c4ccccc24)-c2cc4c(cc2C3(C)C)-c2ccccc2C4(C)C)c2cccc3c2oc2ccccc23)c1. The van der Waals surface area contributed by atoms with Gasteiger partial charge in [-0.05, 0) is 117 Å². The highest BCUT2D eigenvalue weighted by molar-refractivity contribution is 6.14. The molecule has 0 amide bonds. The zero-order valence-corrected chi connectivity index (χ0v) is 29.5. The van der Waals surface area contributed by atoms with Crippen LogP contribution in [0.4, 0.5) is 17.1 Å². The van der Waals surface area contributed by atoms with Crippen LogP contribution in [-0.2, 0) is 10.8 Å². The van der Waals surface area contributed by atoms with E-state index in [0.29, 0.717) is 0 Å². The van der Waals surface area contributed by atoms with Gasteiger partial charge in [0.25, 0.3) is 0 Å². The van der Waals surface area contributed by atoms with E-state index in [4.69, 9.17) is 4.42 Å². The van der Waals surface area contributed by atoms with E-state index >= 15 is 0 Å². The average molecular weight is 646 g/mol. The lowest BCUT2D eigenvalue weighted by molar-refractivity contribution is 0.652. The van der Waals surface area contributed by atoms with E-state index in [1.165, 1.54) is 66.4 Å². The lowest BCUT2D eigenvalue weighted by Crippen LogP contribution is -2.18. The number of anilines is 3. The second kappa shape index (κ2) is 9.98. The molecular formula is C48H39NO. The summed E-state index contributed by atoms with van der Waals surface area (Å²) in [5.74, 6) is 0. The minimum absolute atomic E-state index is 0.0608. The topological polar surface area (TPSA) is 16.4 Å². The van der Waals surface area contributed by atoms with E-state index in [2.05, 4.69) is 174 Å². The largest absolute Gasteiger partial charge is 0.454 e. The fourth-order valence-corrected chi connectivity index (χ4v) is 9.34. The van der Waals surface area contributed by atoms with E-state index in [-0.39, 0.29) is 10.8 Å². The normalized spacial score (nSPS) is 14.9. The van der Waals surface area contributed by atoms with Gasteiger partial charge in [0, 0.05) is 32.7 Å². The molecule has 0 saturated carbocycles. The Labute approximate surface area is 293 Å². The van der Waals surface area contributed by atoms with Crippen molar-refractivity contribution in [1.29, 1.82) is 0 Å². The summed E-state index contributed by atoms with van der Waals surface area (Å²) in [7, 11) is 0. The van der Waals surface area contributed by atoms with Crippen LogP contribution in [0.15, 0.2) is 132 Å². The lowest BCUT2D eigenvalue weighted by Gasteiger charge is -2.30. The van der Waals surface area contributed by atoms with Gasteiger partial charge in [0.1, 0.15) is 5.58 Å². The molecule has 0 spiro atoms. The summed E-state index contributed by atoms with van der Waals surface area (Å²) in [5, 5.41) is 4.78. The molecule has 1 heterocycles. The van der Waals surface area contributed by atoms with E-state index < -0.39 is 0 Å². The van der Waals surface area contributed by atoms with Crippen molar-refractivity contribution in [3.8, 4) is 22.3 Å². The predicted molar refractivity (Wildman–Crippen MR) is 211 cm³/mol. The van der Waals surface area contributed by atoms with Crippen molar-refractivity contribution in [3.63, 3.8) is 0 Å². The standard InChI is InChI=1S/C48H39NO/c1-28-22-29(2)24-30(23-28)49(42-20-13-18-35-33-16-10-12-21-44(33)50-46(35)42)43-27-41-45(34-17-8-7-15-32(34)43)37-26-39-36(25-40(37)48(41,5)6)31-14-9-11-19-38(31)47(39,3)4/h7-27H,1-6H3. The van der Waals surface area contributed by atoms with E-state index in [0.717, 1.165) is 39.0 Å². The molecule has 10 rings (SSSR count). The third-order valence-corrected chi connectivity index (χ3v) is 11.7. The van der Waals surface area contributed by atoms with Gasteiger partial charge in [-0.1, -0.05) is 113 Å². The number of para-hydroxylation sites is 2. The van der Waals surface area contributed by atoms with Gasteiger partial charge in [0.2, 0.25) is 0 Å². The predicted octanol–water partition coefficient (Wildman–Crippen LogP) is 13.4. The molecule has 8 aromatic rings. The van der Waals surface area contributed by atoms with E-state index in [1.807, 2.05) is 0 Å². The van der Waals surface area contributed by atoms with Gasteiger partial charge < -0.3 is 9.32 Å². The van der Waals surface area contributed by atoms with Crippen molar-refractivity contribution < 1.29 is 4.42 Å². The van der Waals surface area contributed by atoms with Crippen LogP contribution in [0.3, 0.4) is 0 Å². The molecule has 2 nitrogen and oxygen atoms in total. The van der Waals surface area contributed by atoms with Crippen molar-refractivity contribution in [1.82, 2.24) is 0 Å². The van der Waals surface area contributed by atoms with Crippen LogP contribution in [0.5, 0.6) is 0 Å². The fourth-order valence-electron chi connectivity index (χ4n) is 9.34. The second-order valence-electron chi connectivity index (χ2n) is 15.5. The van der Waals surface area contributed by atoms with Gasteiger partial charge in [0.15, 0.2) is 5.58 Å². The fraction of sp³-hybridized carbons (Fsp3) is 0.167. The maximum Gasteiger partial charge on any atom is 0.159 e. The number of nitrogens with zero attached hydrogens (tertiary/aromatic N) is 1. The Morgan fingerprint density at radius 2 is 1.08 bits per heavy atom. The molecule has 0 atom stereocenters. The number of aryl methyl sites for hydroxylation is 2. The molecule has 7 aromatic carbocycles. The Morgan fingerprint density at radius 1 is 0.460 bits per heavy atom. The Kier molecular flexibility index (Phi) is 5.86. The smallest absolute Gasteiger partial charge is 0.159 e. The van der Waals surface area contributed by atoms with Crippen molar-refractivity contribution in [3.05, 3.63) is 161 Å². The minimum Gasteiger partial charge on any atom is -0.454 e. The van der Waals surface area contributed by atoms with Gasteiger partial charge in [-0.25, -0.2) is 0 Å². The van der Waals surface area contributed by atoms with Crippen molar-refractivity contribution in [2.75, 3.05) is 4.90 Å². The highest BCUT2D eigenvalue weighted by Gasteiger charge is 2.42. The van der Waals surface area contributed by atoms with Gasteiger partial charge in [0.05, 0.1) is 11.4 Å². The third kappa shape index (κ3) is 3.85. The summed E-state index contributed by atoms with van der Waals surface area (Å²) in [6, 6.07) is 47.3. The Bertz CT molecular complexity index is 2720. The molecule has 2 aliphatic carbocycles. The van der Waals surface area contributed by atoms with Crippen molar-refractivity contribution >= 4 is 49.8 Å². The van der Waals surface area contributed by atoms with Crippen molar-refractivity contribution in [2.24, 2.45) is 0 Å². The molecule has 0 N–H and O–H groups in total. The molecule has 2 aliphatic rings. The maximum absolute atomic E-state index is 6.72. The Hall–Kier alpha value is -5.60.